The normalized spacial score (nSPS) is 10.4. The molecule has 0 atom stereocenters. The number of nitrogens with zero attached hydrogens (tertiary/aromatic N) is 1. The van der Waals surface area contributed by atoms with E-state index < -0.39 is 5.97 Å². The number of rotatable bonds is 4. The van der Waals surface area contributed by atoms with Gasteiger partial charge < -0.3 is 10.1 Å². The summed E-state index contributed by atoms with van der Waals surface area (Å²) in [5.41, 5.74) is 2.84. The monoisotopic (exact) mass is 286 g/mol. The highest BCUT2D eigenvalue weighted by Crippen LogP contribution is 2.23. The van der Waals surface area contributed by atoms with Crippen molar-refractivity contribution in [1.29, 1.82) is 0 Å². The number of nitrogens with one attached hydrogen (secondary N) is 1. The molecule has 21 heavy (non-hydrogen) atoms. The van der Waals surface area contributed by atoms with Crippen molar-refractivity contribution in [3.8, 4) is 0 Å². The van der Waals surface area contributed by atoms with Gasteiger partial charge in [0, 0.05) is 12.4 Å². The first-order valence-electron chi connectivity index (χ1n) is 6.84. The van der Waals surface area contributed by atoms with E-state index in [2.05, 4.69) is 10.3 Å². The van der Waals surface area contributed by atoms with Crippen molar-refractivity contribution in [2.75, 3.05) is 13.7 Å². The van der Waals surface area contributed by atoms with Crippen molar-refractivity contribution in [1.82, 2.24) is 10.3 Å². The van der Waals surface area contributed by atoms with Crippen LogP contribution in [0.3, 0.4) is 0 Å². The third-order valence-corrected chi connectivity index (χ3v) is 3.38. The highest BCUT2D eigenvalue weighted by molar-refractivity contribution is 5.99. The van der Waals surface area contributed by atoms with E-state index in [4.69, 9.17) is 4.74 Å². The Hall–Kier alpha value is -2.43. The fraction of sp³-hybridized carbons (Fsp3) is 0.312. The van der Waals surface area contributed by atoms with Crippen LogP contribution >= 0.6 is 0 Å². The summed E-state index contributed by atoms with van der Waals surface area (Å²) in [5.74, 6) is -0.848. The molecule has 0 fully saturated rings. The molecule has 0 aliphatic heterocycles. The number of likely N-dealkylation sites (N-methyl/N-ethyl adjacent to an activating group) is 1. The van der Waals surface area contributed by atoms with E-state index in [1.807, 2.05) is 38.1 Å². The van der Waals surface area contributed by atoms with Crippen LogP contribution in [0.4, 0.5) is 0 Å². The van der Waals surface area contributed by atoms with E-state index in [0.29, 0.717) is 17.7 Å². The van der Waals surface area contributed by atoms with Gasteiger partial charge in [0.25, 0.3) is 5.91 Å². The second kappa shape index (κ2) is 6.35. The van der Waals surface area contributed by atoms with E-state index in [-0.39, 0.29) is 12.5 Å². The fourth-order valence-electron chi connectivity index (χ4n) is 2.24. The van der Waals surface area contributed by atoms with Crippen LogP contribution in [0.2, 0.25) is 0 Å². The lowest BCUT2D eigenvalue weighted by Crippen LogP contribution is -2.25. The number of pyridine rings is 1. The number of esters is 1. The summed E-state index contributed by atoms with van der Waals surface area (Å²) in [6, 6.07) is 7.66. The number of fused-ring (bicyclic) bond motifs is 1. The molecule has 0 unspecified atom stereocenters. The molecule has 0 radical (unpaired) electrons. The maximum atomic E-state index is 12.3. The summed E-state index contributed by atoms with van der Waals surface area (Å²) in [6.07, 6.45) is 0.621. The van der Waals surface area contributed by atoms with Crippen molar-refractivity contribution in [2.45, 2.75) is 20.3 Å². The van der Waals surface area contributed by atoms with Gasteiger partial charge in [-0.05, 0) is 25.0 Å². The standard InChI is InChI=1S/C16H18N2O3/c1-4-12-15(16(20)21-9-14(19)17-3)10(2)11-7-5-6-8-13(11)18-12/h5-8H,4,9H2,1-3H3,(H,17,19). The molecule has 1 amide bonds. The van der Waals surface area contributed by atoms with Crippen LogP contribution in [0.15, 0.2) is 24.3 Å². The fourth-order valence-corrected chi connectivity index (χ4v) is 2.24. The molecule has 1 aromatic carbocycles. The Labute approximate surface area is 123 Å². The second-order valence-corrected chi connectivity index (χ2v) is 4.68. The third kappa shape index (κ3) is 3.02. The number of carbonyl (C=O) groups excluding carboxylic acids is 2. The molecule has 1 heterocycles. The molecule has 0 spiro atoms. The Bertz CT molecular complexity index is 695. The average Bonchev–Trinajstić information content (AvgIpc) is 2.52. The molecule has 110 valence electrons. The number of para-hydroxylation sites is 1. The van der Waals surface area contributed by atoms with Gasteiger partial charge in [-0.25, -0.2) is 4.79 Å². The van der Waals surface area contributed by atoms with Crippen molar-refractivity contribution in [2.24, 2.45) is 0 Å². The van der Waals surface area contributed by atoms with Crippen molar-refractivity contribution in [3.05, 3.63) is 41.1 Å². The van der Waals surface area contributed by atoms with Gasteiger partial charge in [0.05, 0.1) is 16.8 Å². The maximum Gasteiger partial charge on any atom is 0.340 e. The van der Waals surface area contributed by atoms with Gasteiger partial charge in [-0.2, -0.15) is 0 Å². The number of carbonyl (C=O) groups is 2. The number of benzene rings is 1. The lowest BCUT2D eigenvalue weighted by Gasteiger charge is -2.13. The zero-order chi connectivity index (χ0) is 15.4. The van der Waals surface area contributed by atoms with Crippen LogP contribution in [0.1, 0.15) is 28.5 Å². The first kappa shape index (κ1) is 15.0. The molecular weight excluding hydrogens is 268 g/mol. The largest absolute Gasteiger partial charge is 0.452 e. The molecule has 0 aliphatic carbocycles. The summed E-state index contributed by atoms with van der Waals surface area (Å²) in [7, 11) is 1.50. The summed E-state index contributed by atoms with van der Waals surface area (Å²) >= 11 is 0. The number of hydrogen-bond acceptors (Lipinski definition) is 4. The summed E-state index contributed by atoms with van der Waals surface area (Å²) < 4.78 is 5.06. The minimum Gasteiger partial charge on any atom is -0.452 e. The van der Waals surface area contributed by atoms with E-state index in [0.717, 1.165) is 16.5 Å². The third-order valence-electron chi connectivity index (χ3n) is 3.38. The number of ether oxygens (including phenoxy) is 1. The van der Waals surface area contributed by atoms with Gasteiger partial charge in [0.1, 0.15) is 0 Å². The summed E-state index contributed by atoms with van der Waals surface area (Å²) in [5, 5.41) is 3.33. The second-order valence-electron chi connectivity index (χ2n) is 4.68. The van der Waals surface area contributed by atoms with Crippen LogP contribution < -0.4 is 5.32 Å². The summed E-state index contributed by atoms with van der Waals surface area (Å²) in [4.78, 5) is 28.0. The zero-order valence-corrected chi connectivity index (χ0v) is 12.4. The first-order valence-corrected chi connectivity index (χ1v) is 6.84. The number of hydrogen-bond donors (Lipinski definition) is 1. The van der Waals surface area contributed by atoms with E-state index in [1.165, 1.54) is 7.05 Å². The van der Waals surface area contributed by atoms with Gasteiger partial charge in [-0.3, -0.25) is 9.78 Å². The van der Waals surface area contributed by atoms with Crippen LogP contribution in [0.5, 0.6) is 0 Å². The van der Waals surface area contributed by atoms with Gasteiger partial charge in [-0.15, -0.1) is 0 Å². The van der Waals surface area contributed by atoms with E-state index in [1.54, 1.807) is 0 Å². The molecule has 1 N–H and O–H groups in total. The number of amides is 1. The number of aryl methyl sites for hydroxylation is 2. The Morgan fingerprint density at radius 1 is 1.29 bits per heavy atom. The highest BCUT2D eigenvalue weighted by atomic mass is 16.5. The maximum absolute atomic E-state index is 12.3. The minimum atomic E-state index is -0.508. The van der Waals surface area contributed by atoms with Gasteiger partial charge in [0.2, 0.25) is 0 Å². The Morgan fingerprint density at radius 3 is 2.67 bits per heavy atom. The minimum absolute atomic E-state index is 0.287. The van der Waals surface area contributed by atoms with Gasteiger partial charge >= 0.3 is 5.97 Å². The van der Waals surface area contributed by atoms with E-state index in [9.17, 15) is 9.59 Å². The molecule has 2 rings (SSSR count). The average molecular weight is 286 g/mol. The molecule has 5 nitrogen and oxygen atoms in total. The van der Waals surface area contributed by atoms with Crippen molar-refractivity contribution >= 4 is 22.8 Å². The van der Waals surface area contributed by atoms with Gasteiger partial charge in [-0.1, -0.05) is 25.1 Å². The predicted octanol–water partition coefficient (Wildman–Crippen LogP) is 2.01. The molecule has 0 bridgehead atoms. The Kier molecular flexibility index (Phi) is 4.52. The van der Waals surface area contributed by atoms with E-state index >= 15 is 0 Å². The van der Waals surface area contributed by atoms with Gasteiger partial charge in [0.15, 0.2) is 6.61 Å². The highest BCUT2D eigenvalue weighted by Gasteiger charge is 2.19. The molecule has 0 saturated carbocycles. The Morgan fingerprint density at radius 2 is 2.00 bits per heavy atom. The smallest absolute Gasteiger partial charge is 0.340 e. The van der Waals surface area contributed by atoms with Crippen LogP contribution in [-0.2, 0) is 16.0 Å². The van der Waals surface area contributed by atoms with Crippen LogP contribution in [0, 0.1) is 6.92 Å². The van der Waals surface area contributed by atoms with Crippen LogP contribution in [0.25, 0.3) is 10.9 Å². The topological polar surface area (TPSA) is 68.3 Å². The van der Waals surface area contributed by atoms with Crippen molar-refractivity contribution in [3.63, 3.8) is 0 Å². The molecule has 1 aromatic heterocycles. The molecule has 0 aliphatic rings. The van der Waals surface area contributed by atoms with Crippen LogP contribution in [-0.4, -0.2) is 30.5 Å². The quantitative estimate of drug-likeness (QED) is 0.873. The molecule has 5 heteroatoms. The SMILES string of the molecule is CCc1nc2ccccc2c(C)c1C(=O)OCC(=O)NC. The molecule has 2 aromatic rings. The molecular formula is C16H18N2O3. The summed E-state index contributed by atoms with van der Waals surface area (Å²) in [6.45, 7) is 3.52. The molecule has 0 saturated heterocycles. The zero-order valence-electron chi connectivity index (χ0n) is 12.4. The lowest BCUT2D eigenvalue weighted by molar-refractivity contribution is -0.123. The van der Waals surface area contributed by atoms with Crippen molar-refractivity contribution < 1.29 is 14.3 Å². The first-order chi connectivity index (χ1) is 10.1. The number of aromatic nitrogens is 1. The Balaban J connectivity index is 2.44. The predicted molar refractivity (Wildman–Crippen MR) is 80.2 cm³/mol. The lowest BCUT2D eigenvalue weighted by atomic mass is 10.0.